The number of unbranched alkanes of at least 4 members (excludes halogenated alkanes) is 35. The molecular formula is C56H105NO5. The number of carbonyl (C=O) groups excluding carboxylic acids is 2. The van der Waals surface area contributed by atoms with Gasteiger partial charge in [-0.3, -0.25) is 9.59 Å². The van der Waals surface area contributed by atoms with Crippen LogP contribution in [0.1, 0.15) is 284 Å². The zero-order valence-corrected chi connectivity index (χ0v) is 41.4. The molecule has 6 nitrogen and oxygen atoms in total. The Morgan fingerprint density at radius 3 is 1.29 bits per heavy atom. The van der Waals surface area contributed by atoms with Gasteiger partial charge >= 0.3 is 5.97 Å². The fourth-order valence-electron chi connectivity index (χ4n) is 8.20. The summed E-state index contributed by atoms with van der Waals surface area (Å²) < 4.78 is 5.44. The van der Waals surface area contributed by atoms with E-state index >= 15 is 0 Å². The SMILES string of the molecule is CCC/C=C\C/C=C\CCCCCCCC(=O)OCCCCCCCCCCCCCC(=O)NC(CO)C(O)/C=C/CCCCCCCCCCCCCCCCCCCCC. The molecule has 2 unspecified atom stereocenters. The van der Waals surface area contributed by atoms with Gasteiger partial charge < -0.3 is 20.3 Å². The fourth-order valence-corrected chi connectivity index (χ4v) is 8.20. The van der Waals surface area contributed by atoms with Crippen LogP contribution in [-0.4, -0.2) is 47.4 Å². The minimum absolute atomic E-state index is 0.0307. The first-order valence-electron chi connectivity index (χ1n) is 27.3. The maximum atomic E-state index is 12.5. The van der Waals surface area contributed by atoms with Crippen LogP contribution in [0.15, 0.2) is 36.5 Å². The van der Waals surface area contributed by atoms with Crippen molar-refractivity contribution >= 4 is 11.9 Å². The third-order valence-corrected chi connectivity index (χ3v) is 12.4. The second-order valence-electron chi connectivity index (χ2n) is 18.6. The van der Waals surface area contributed by atoms with E-state index in [0.717, 1.165) is 70.6 Å². The van der Waals surface area contributed by atoms with Gasteiger partial charge in [0, 0.05) is 12.8 Å². The van der Waals surface area contributed by atoms with Crippen LogP contribution in [0.4, 0.5) is 0 Å². The topological polar surface area (TPSA) is 95.9 Å². The molecule has 0 saturated carbocycles. The zero-order chi connectivity index (χ0) is 45.1. The molecule has 0 bridgehead atoms. The molecule has 0 rings (SSSR count). The van der Waals surface area contributed by atoms with E-state index in [1.165, 1.54) is 186 Å². The number of hydrogen-bond acceptors (Lipinski definition) is 5. The second kappa shape index (κ2) is 51.7. The van der Waals surface area contributed by atoms with Crippen LogP contribution in [-0.2, 0) is 14.3 Å². The van der Waals surface area contributed by atoms with Crippen molar-refractivity contribution in [1.29, 1.82) is 0 Å². The highest BCUT2D eigenvalue weighted by molar-refractivity contribution is 5.76. The van der Waals surface area contributed by atoms with Gasteiger partial charge in [0.15, 0.2) is 0 Å². The van der Waals surface area contributed by atoms with Crippen molar-refractivity contribution in [3.8, 4) is 0 Å². The summed E-state index contributed by atoms with van der Waals surface area (Å²) in [4.78, 5) is 24.5. The molecule has 0 aromatic rings. The molecule has 0 fully saturated rings. The largest absolute Gasteiger partial charge is 0.466 e. The molecule has 1 amide bonds. The van der Waals surface area contributed by atoms with Crippen molar-refractivity contribution in [3.63, 3.8) is 0 Å². The average molecular weight is 872 g/mol. The molecule has 62 heavy (non-hydrogen) atoms. The molecule has 0 aliphatic rings. The van der Waals surface area contributed by atoms with Crippen molar-refractivity contribution in [2.24, 2.45) is 0 Å². The normalized spacial score (nSPS) is 12.9. The van der Waals surface area contributed by atoms with Crippen LogP contribution in [0.2, 0.25) is 0 Å². The number of aliphatic hydroxyl groups is 2. The first-order valence-corrected chi connectivity index (χ1v) is 27.3. The number of aliphatic hydroxyl groups excluding tert-OH is 2. The number of amides is 1. The van der Waals surface area contributed by atoms with Crippen molar-refractivity contribution in [2.45, 2.75) is 296 Å². The summed E-state index contributed by atoms with van der Waals surface area (Å²) in [6.45, 7) is 4.80. The smallest absolute Gasteiger partial charge is 0.305 e. The number of carbonyl (C=O) groups is 2. The number of allylic oxidation sites excluding steroid dienone is 5. The summed E-state index contributed by atoms with van der Waals surface area (Å²) in [7, 11) is 0. The van der Waals surface area contributed by atoms with Gasteiger partial charge in [0.25, 0.3) is 0 Å². The second-order valence-corrected chi connectivity index (χ2v) is 18.6. The molecule has 3 N–H and O–H groups in total. The zero-order valence-electron chi connectivity index (χ0n) is 41.4. The number of rotatable bonds is 50. The van der Waals surface area contributed by atoms with Crippen LogP contribution in [0, 0.1) is 0 Å². The molecule has 0 saturated heterocycles. The lowest BCUT2D eigenvalue weighted by atomic mass is 10.0. The quantitative estimate of drug-likeness (QED) is 0.0321. The Bertz CT molecular complexity index is 1010. The minimum Gasteiger partial charge on any atom is -0.466 e. The van der Waals surface area contributed by atoms with E-state index in [-0.39, 0.29) is 18.5 Å². The van der Waals surface area contributed by atoms with Crippen LogP contribution < -0.4 is 5.32 Å². The molecule has 0 aliphatic heterocycles. The van der Waals surface area contributed by atoms with Crippen LogP contribution in [0.5, 0.6) is 0 Å². The standard InChI is InChI=1S/C56H105NO5/c1-3-5-7-9-11-13-15-17-18-19-20-21-22-23-24-26-28-32-36-40-44-48-54(59)53(52-58)57-55(60)49-45-41-37-33-29-27-31-35-39-43-47-51-62-56(61)50-46-42-38-34-30-25-16-14-12-10-8-6-4-2/h8,10,14,16,44,48,53-54,58-59H,3-7,9,11-13,15,17-43,45-47,49-52H2,1-2H3,(H,57,60)/b10-8-,16-14-,48-44+. The Morgan fingerprint density at radius 1 is 0.452 bits per heavy atom. The van der Waals surface area contributed by atoms with E-state index in [1.54, 1.807) is 6.08 Å². The monoisotopic (exact) mass is 872 g/mol. The molecule has 0 aliphatic carbocycles. The summed E-state index contributed by atoms with van der Waals surface area (Å²) in [6.07, 6.45) is 62.9. The van der Waals surface area contributed by atoms with E-state index in [9.17, 15) is 19.8 Å². The molecule has 0 aromatic carbocycles. The molecule has 0 aromatic heterocycles. The van der Waals surface area contributed by atoms with Gasteiger partial charge in [-0.2, -0.15) is 0 Å². The summed E-state index contributed by atoms with van der Waals surface area (Å²) in [5.74, 6) is -0.117. The van der Waals surface area contributed by atoms with Gasteiger partial charge in [0.1, 0.15) is 0 Å². The third kappa shape index (κ3) is 47.6. The van der Waals surface area contributed by atoms with E-state index in [0.29, 0.717) is 19.4 Å². The molecule has 2 atom stereocenters. The number of hydrogen-bond donors (Lipinski definition) is 3. The third-order valence-electron chi connectivity index (χ3n) is 12.4. The Balaban J connectivity index is 3.52. The summed E-state index contributed by atoms with van der Waals surface area (Å²) in [5.41, 5.74) is 0. The Labute approximate surface area is 385 Å². The number of nitrogens with one attached hydrogen (secondary N) is 1. The summed E-state index contributed by atoms with van der Waals surface area (Å²) >= 11 is 0. The van der Waals surface area contributed by atoms with Crippen LogP contribution in [0.3, 0.4) is 0 Å². The predicted octanol–water partition coefficient (Wildman–Crippen LogP) is 16.5. The van der Waals surface area contributed by atoms with Gasteiger partial charge in [-0.25, -0.2) is 0 Å². The fraction of sp³-hybridized carbons (Fsp3) is 0.857. The lowest BCUT2D eigenvalue weighted by molar-refractivity contribution is -0.143. The Kier molecular flexibility index (Phi) is 50.1. The van der Waals surface area contributed by atoms with Gasteiger partial charge in [-0.15, -0.1) is 0 Å². The maximum absolute atomic E-state index is 12.5. The van der Waals surface area contributed by atoms with Gasteiger partial charge in [-0.1, -0.05) is 249 Å². The summed E-state index contributed by atoms with van der Waals surface area (Å²) in [6, 6.07) is -0.644. The molecule has 0 spiro atoms. The first-order chi connectivity index (χ1) is 30.5. The predicted molar refractivity (Wildman–Crippen MR) is 269 cm³/mol. The number of esters is 1. The van der Waals surface area contributed by atoms with E-state index in [4.69, 9.17) is 4.74 Å². The molecule has 364 valence electrons. The molecule has 0 radical (unpaired) electrons. The highest BCUT2D eigenvalue weighted by atomic mass is 16.5. The highest BCUT2D eigenvalue weighted by Gasteiger charge is 2.18. The first kappa shape index (κ1) is 60.1. The summed E-state index contributed by atoms with van der Waals surface area (Å²) in [5, 5.41) is 23.1. The Hall–Kier alpha value is -1.92. The van der Waals surface area contributed by atoms with Gasteiger partial charge in [0.2, 0.25) is 5.91 Å². The van der Waals surface area contributed by atoms with Crippen molar-refractivity contribution < 1.29 is 24.5 Å². The average Bonchev–Trinajstić information content (AvgIpc) is 3.27. The Morgan fingerprint density at radius 2 is 0.839 bits per heavy atom. The van der Waals surface area contributed by atoms with Crippen molar-refractivity contribution in [3.05, 3.63) is 36.5 Å². The van der Waals surface area contributed by atoms with Crippen LogP contribution >= 0.6 is 0 Å². The van der Waals surface area contributed by atoms with Crippen LogP contribution in [0.25, 0.3) is 0 Å². The number of ether oxygens (including phenoxy) is 1. The molecule has 6 heteroatoms. The maximum Gasteiger partial charge on any atom is 0.305 e. The van der Waals surface area contributed by atoms with Crippen molar-refractivity contribution in [2.75, 3.05) is 13.2 Å². The van der Waals surface area contributed by atoms with E-state index in [1.807, 2.05) is 6.08 Å². The molecular weight excluding hydrogens is 767 g/mol. The van der Waals surface area contributed by atoms with Gasteiger partial charge in [0.05, 0.1) is 25.4 Å². The highest BCUT2D eigenvalue weighted by Crippen LogP contribution is 2.16. The molecule has 0 heterocycles. The van der Waals surface area contributed by atoms with E-state index in [2.05, 4.69) is 43.5 Å². The lowest BCUT2D eigenvalue weighted by Gasteiger charge is -2.20. The van der Waals surface area contributed by atoms with E-state index < -0.39 is 12.1 Å². The van der Waals surface area contributed by atoms with Gasteiger partial charge in [-0.05, 0) is 57.8 Å². The van der Waals surface area contributed by atoms with Crippen molar-refractivity contribution in [1.82, 2.24) is 5.32 Å². The minimum atomic E-state index is -0.858. The lowest BCUT2D eigenvalue weighted by Crippen LogP contribution is -2.45.